The van der Waals surface area contributed by atoms with Crippen LogP contribution >= 0.6 is 0 Å². The predicted octanol–water partition coefficient (Wildman–Crippen LogP) is 6.38. The van der Waals surface area contributed by atoms with Crippen molar-refractivity contribution in [3.8, 4) is 0 Å². The van der Waals surface area contributed by atoms with Gasteiger partial charge in [-0.3, -0.25) is 0 Å². The Labute approximate surface area is 179 Å². The molecule has 1 atom stereocenters. The topological polar surface area (TPSA) is 36.9 Å². The highest BCUT2D eigenvalue weighted by atomic mass is 16.9. The van der Waals surface area contributed by atoms with Crippen molar-refractivity contribution in [1.29, 1.82) is 0 Å². The second kappa shape index (κ2) is 15.0. The molecule has 1 aromatic rings. The van der Waals surface area contributed by atoms with Gasteiger partial charge in [-0.2, -0.15) is 0 Å². The Kier molecular flexibility index (Phi) is 13.5. The van der Waals surface area contributed by atoms with Crippen molar-refractivity contribution in [3.63, 3.8) is 0 Å². The summed E-state index contributed by atoms with van der Waals surface area (Å²) in [6, 6.07) is 10.6. The van der Waals surface area contributed by atoms with Crippen molar-refractivity contribution >= 4 is 0 Å². The van der Waals surface area contributed by atoms with Crippen LogP contribution in [0, 0.1) is 5.41 Å². The molecule has 4 heteroatoms. The summed E-state index contributed by atoms with van der Waals surface area (Å²) in [7, 11) is 1.76. The fourth-order valence-corrected chi connectivity index (χ4v) is 4.22. The van der Waals surface area contributed by atoms with E-state index in [1.807, 2.05) is 20.8 Å². The molecule has 1 rings (SSSR count). The van der Waals surface area contributed by atoms with E-state index in [2.05, 4.69) is 37.3 Å². The Morgan fingerprint density at radius 3 is 1.79 bits per heavy atom. The van der Waals surface area contributed by atoms with E-state index < -0.39 is 11.4 Å². The van der Waals surface area contributed by atoms with Gasteiger partial charge in [0.05, 0.1) is 12.0 Å². The molecule has 0 amide bonds. The number of hydrogen-bond donors (Lipinski definition) is 0. The van der Waals surface area contributed by atoms with E-state index in [0.29, 0.717) is 26.4 Å². The molecule has 0 bridgehead atoms. The zero-order chi connectivity index (χ0) is 21.4. The summed E-state index contributed by atoms with van der Waals surface area (Å²) >= 11 is 0. The van der Waals surface area contributed by atoms with E-state index in [1.54, 1.807) is 7.11 Å². The molecular formula is C25H44O4. The van der Waals surface area contributed by atoms with Crippen LogP contribution in [0.25, 0.3) is 0 Å². The largest absolute Gasteiger partial charge is 0.384 e. The fourth-order valence-electron chi connectivity index (χ4n) is 4.22. The van der Waals surface area contributed by atoms with Crippen molar-refractivity contribution in [3.05, 3.63) is 35.9 Å². The number of benzene rings is 1. The molecule has 1 aromatic carbocycles. The van der Waals surface area contributed by atoms with Crippen LogP contribution in [0.3, 0.4) is 0 Å². The molecular weight excluding hydrogens is 364 g/mol. The molecule has 0 fully saturated rings. The molecule has 0 saturated heterocycles. The highest BCUT2D eigenvalue weighted by molar-refractivity contribution is 5.17. The molecule has 0 aliphatic rings. The summed E-state index contributed by atoms with van der Waals surface area (Å²) in [5, 5.41) is 0. The molecule has 0 aromatic heterocycles. The zero-order valence-electron chi connectivity index (χ0n) is 19.5. The second-order valence-electron chi connectivity index (χ2n) is 7.75. The van der Waals surface area contributed by atoms with Gasteiger partial charge in [0, 0.05) is 26.9 Å². The Hall–Kier alpha value is -0.940. The van der Waals surface area contributed by atoms with Gasteiger partial charge in [-0.25, -0.2) is 0 Å². The molecule has 0 radical (unpaired) electrons. The fraction of sp³-hybridized carbons (Fsp3) is 0.760. The van der Waals surface area contributed by atoms with Crippen LogP contribution in [0.5, 0.6) is 0 Å². The monoisotopic (exact) mass is 408 g/mol. The van der Waals surface area contributed by atoms with Crippen molar-refractivity contribution in [1.82, 2.24) is 0 Å². The van der Waals surface area contributed by atoms with E-state index in [0.717, 1.165) is 19.3 Å². The minimum atomic E-state index is -1.11. The molecule has 1 unspecified atom stereocenters. The molecule has 0 heterocycles. The van der Waals surface area contributed by atoms with E-state index in [1.165, 1.54) is 37.7 Å². The zero-order valence-corrected chi connectivity index (χ0v) is 19.5. The number of methoxy groups -OCH3 is 1. The minimum absolute atomic E-state index is 0.421. The highest BCUT2D eigenvalue weighted by Crippen LogP contribution is 2.45. The lowest BCUT2D eigenvalue weighted by atomic mass is 9.75. The normalized spacial score (nSPS) is 14.1. The van der Waals surface area contributed by atoms with E-state index >= 15 is 0 Å². The SMILES string of the molecule is CCCCCCCCC(COC)(Cc1ccccc1)C(OCC)(OCC)OCC. The molecule has 0 saturated carbocycles. The summed E-state index contributed by atoms with van der Waals surface area (Å²) < 4.78 is 24.6. The number of rotatable bonds is 18. The maximum atomic E-state index is 6.27. The lowest BCUT2D eigenvalue weighted by Crippen LogP contribution is -2.58. The Morgan fingerprint density at radius 2 is 1.28 bits per heavy atom. The molecule has 0 N–H and O–H groups in total. The predicted molar refractivity (Wildman–Crippen MR) is 120 cm³/mol. The van der Waals surface area contributed by atoms with Gasteiger partial charge in [0.2, 0.25) is 0 Å². The summed E-state index contributed by atoms with van der Waals surface area (Å²) in [5.74, 6) is -1.11. The molecule has 0 aliphatic heterocycles. The van der Waals surface area contributed by atoms with Crippen LogP contribution in [0.15, 0.2) is 30.3 Å². The van der Waals surface area contributed by atoms with E-state index in [4.69, 9.17) is 18.9 Å². The van der Waals surface area contributed by atoms with Crippen molar-refractivity contribution in [2.24, 2.45) is 5.41 Å². The highest BCUT2D eigenvalue weighted by Gasteiger charge is 2.55. The molecule has 29 heavy (non-hydrogen) atoms. The van der Waals surface area contributed by atoms with Crippen molar-refractivity contribution < 1.29 is 18.9 Å². The van der Waals surface area contributed by atoms with Crippen LogP contribution in [0.4, 0.5) is 0 Å². The Balaban J connectivity index is 3.20. The first kappa shape index (κ1) is 26.1. The van der Waals surface area contributed by atoms with Gasteiger partial charge in [0.15, 0.2) is 0 Å². The minimum Gasteiger partial charge on any atom is -0.384 e. The maximum absolute atomic E-state index is 6.27. The number of unbranched alkanes of at least 4 members (excludes halogenated alkanes) is 5. The van der Waals surface area contributed by atoms with Gasteiger partial charge < -0.3 is 18.9 Å². The lowest BCUT2D eigenvalue weighted by Gasteiger charge is -2.48. The summed E-state index contributed by atoms with van der Waals surface area (Å²) in [6.07, 6.45) is 9.19. The molecule has 4 nitrogen and oxygen atoms in total. The third kappa shape index (κ3) is 8.01. The third-order valence-corrected chi connectivity index (χ3v) is 5.47. The number of hydrogen-bond acceptors (Lipinski definition) is 4. The van der Waals surface area contributed by atoms with Crippen LogP contribution in [0.2, 0.25) is 0 Å². The standard InChI is InChI=1S/C25H44O4/c1-6-10-11-12-13-17-20-24(22-26-5,21-23-18-15-14-16-19-23)25(27-7-2,28-8-3)29-9-4/h14-16,18-19H,6-13,17,20-22H2,1-5H3. The third-order valence-electron chi connectivity index (χ3n) is 5.47. The maximum Gasteiger partial charge on any atom is 0.291 e. The van der Waals surface area contributed by atoms with Crippen LogP contribution in [-0.4, -0.2) is 39.5 Å². The van der Waals surface area contributed by atoms with Gasteiger partial charge in [-0.05, 0) is 39.2 Å². The Morgan fingerprint density at radius 1 is 0.724 bits per heavy atom. The van der Waals surface area contributed by atoms with Crippen molar-refractivity contribution in [2.45, 2.75) is 85.0 Å². The molecule has 0 spiro atoms. The van der Waals surface area contributed by atoms with Gasteiger partial charge >= 0.3 is 0 Å². The quantitative estimate of drug-likeness (QED) is 0.209. The lowest BCUT2D eigenvalue weighted by molar-refractivity contribution is -0.433. The Bertz CT molecular complexity index is 488. The molecule has 168 valence electrons. The molecule has 0 aliphatic carbocycles. The number of ether oxygens (including phenoxy) is 4. The summed E-state index contributed by atoms with van der Waals surface area (Å²) in [6.45, 7) is 10.3. The average molecular weight is 409 g/mol. The van der Waals surface area contributed by atoms with Gasteiger partial charge in [0.1, 0.15) is 0 Å². The summed E-state index contributed by atoms with van der Waals surface area (Å²) in [5.41, 5.74) is 0.828. The first-order valence-corrected chi connectivity index (χ1v) is 11.6. The van der Waals surface area contributed by atoms with Crippen molar-refractivity contribution in [2.75, 3.05) is 33.5 Å². The van der Waals surface area contributed by atoms with Gasteiger partial charge in [0.25, 0.3) is 5.97 Å². The van der Waals surface area contributed by atoms with E-state index in [9.17, 15) is 0 Å². The van der Waals surface area contributed by atoms with Gasteiger partial charge in [-0.1, -0.05) is 75.8 Å². The summed E-state index contributed by atoms with van der Waals surface area (Å²) in [4.78, 5) is 0. The van der Waals surface area contributed by atoms with Crippen LogP contribution < -0.4 is 0 Å². The van der Waals surface area contributed by atoms with Gasteiger partial charge in [-0.15, -0.1) is 0 Å². The smallest absolute Gasteiger partial charge is 0.291 e. The first-order chi connectivity index (χ1) is 14.1. The second-order valence-corrected chi connectivity index (χ2v) is 7.75. The average Bonchev–Trinajstić information content (AvgIpc) is 2.72. The van der Waals surface area contributed by atoms with E-state index in [-0.39, 0.29) is 0 Å². The first-order valence-electron chi connectivity index (χ1n) is 11.6. The van der Waals surface area contributed by atoms with Crippen LogP contribution in [-0.2, 0) is 25.4 Å². The van der Waals surface area contributed by atoms with Crippen LogP contribution in [0.1, 0.15) is 78.2 Å².